The van der Waals surface area contributed by atoms with Gasteiger partial charge in [0.25, 0.3) is 0 Å². The van der Waals surface area contributed by atoms with Gasteiger partial charge in [0.1, 0.15) is 11.5 Å². The zero-order valence-electron chi connectivity index (χ0n) is 8.82. The van der Waals surface area contributed by atoms with Crippen molar-refractivity contribution in [2.75, 3.05) is 7.11 Å². The largest absolute Gasteiger partial charge is 0.507 e. The average Bonchev–Trinajstić information content (AvgIpc) is 2.16. The summed E-state index contributed by atoms with van der Waals surface area (Å²) in [5.74, 6) is 1.14. The highest BCUT2D eigenvalue weighted by atomic mass is 16.5. The molecule has 1 aromatic carbocycles. The number of rotatable bonds is 3. The monoisotopic (exact) mass is 195 g/mol. The number of nitrogens with two attached hydrogens (primary N) is 1. The smallest absolute Gasteiger partial charge is 0.124 e. The molecule has 1 rings (SSSR count). The Kier molecular flexibility index (Phi) is 3.36. The van der Waals surface area contributed by atoms with Gasteiger partial charge in [-0.15, -0.1) is 0 Å². The molecule has 0 bridgehead atoms. The zero-order chi connectivity index (χ0) is 10.7. The molecular weight excluding hydrogens is 178 g/mol. The second-order valence-corrected chi connectivity index (χ2v) is 3.69. The first-order chi connectivity index (χ1) is 6.56. The predicted octanol–water partition coefficient (Wildman–Crippen LogP) is 2.06. The Morgan fingerprint density at radius 3 is 2.43 bits per heavy atom. The molecule has 0 aliphatic rings. The minimum atomic E-state index is -0.138. The van der Waals surface area contributed by atoms with E-state index in [2.05, 4.69) is 0 Å². The van der Waals surface area contributed by atoms with Gasteiger partial charge in [-0.05, 0) is 12.0 Å². The molecule has 0 saturated heterocycles. The lowest BCUT2D eigenvalue weighted by molar-refractivity contribution is 0.401. The van der Waals surface area contributed by atoms with Crippen molar-refractivity contribution < 1.29 is 9.84 Å². The first kappa shape index (κ1) is 10.9. The van der Waals surface area contributed by atoms with Crippen LogP contribution in [0.5, 0.6) is 11.5 Å². The van der Waals surface area contributed by atoms with E-state index in [0.29, 0.717) is 11.7 Å². The number of phenols is 1. The van der Waals surface area contributed by atoms with Crippen LogP contribution in [0.1, 0.15) is 25.5 Å². The molecule has 0 aliphatic carbocycles. The molecule has 3 N–H and O–H groups in total. The summed E-state index contributed by atoms with van der Waals surface area (Å²) in [4.78, 5) is 0. The van der Waals surface area contributed by atoms with E-state index in [0.717, 1.165) is 5.56 Å². The maximum atomic E-state index is 9.68. The van der Waals surface area contributed by atoms with Gasteiger partial charge >= 0.3 is 0 Å². The third kappa shape index (κ3) is 2.17. The topological polar surface area (TPSA) is 55.5 Å². The fourth-order valence-electron chi connectivity index (χ4n) is 1.29. The molecule has 0 aliphatic heterocycles. The Morgan fingerprint density at radius 2 is 2.00 bits per heavy atom. The molecule has 0 saturated carbocycles. The summed E-state index contributed by atoms with van der Waals surface area (Å²) in [6, 6.07) is 5.05. The minimum Gasteiger partial charge on any atom is -0.507 e. The summed E-state index contributed by atoms with van der Waals surface area (Å²) in [5.41, 5.74) is 6.69. The standard InChI is InChI=1S/C11H17NO2/c1-7(2)11(12)9-5-4-8(14-3)6-10(9)13/h4-7,11,13H,12H2,1-3H3. The fourth-order valence-corrected chi connectivity index (χ4v) is 1.29. The van der Waals surface area contributed by atoms with Crippen LogP contribution in [-0.4, -0.2) is 12.2 Å². The van der Waals surface area contributed by atoms with Gasteiger partial charge in [0.15, 0.2) is 0 Å². The van der Waals surface area contributed by atoms with E-state index < -0.39 is 0 Å². The average molecular weight is 195 g/mol. The zero-order valence-corrected chi connectivity index (χ0v) is 8.82. The second-order valence-electron chi connectivity index (χ2n) is 3.69. The van der Waals surface area contributed by atoms with E-state index in [1.54, 1.807) is 25.3 Å². The number of benzene rings is 1. The van der Waals surface area contributed by atoms with Crippen LogP contribution in [0.4, 0.5) is 0 Å². The van der Waals surface area contributed by atoms with E-state index in [4.69, 9.17) is 10.5 Å². The molecule has 0 amide bonds. The maximum absolute atomic E-state index is 9.68. The Labute approximate surface area is 84.5 Å². The van der Waals surface area contributed by atoms with Gasteiger partial charge in [-0.25, -0.2) is 0 Å². The summed E-state index contributed by atoms with van der Waals surface area (Å²) in [6.45, 7) is 4.04. The number of phenolic OH excluding ortho intramolecular Hbond substituents is 1. The molecular formula is C11H17NO2. The number of hydrogen-bond donors (Lipinski definition) is 2. The predicted molar refractivity (Wildman–Crippen MR) is 56.4 cm³/mol. The van der Waals surface area contributed by atoms with Crippen molar-refractivity contribution in [1.29, 1.82) is 0 Å². The van der Waals surface area contributed by atoms with E-state index in [9.17, 15) is 5.11 Å². The van der Waals surface area contributed by atoms with Crippen LogP contribution in [0.25, 0.3) is 0 Å². The minimum absolute atomic E-state index is 0.138. The molecule has 1 atom stereocenters. The van der Waals surface area contributed by atoms with E-state index in [1.807, 2.05) is 13.8 Å². The normalized spacial score (nSPS) is 12.9. The Hall–Kier alpha value is -1.22. The van der Waals surface area contributed by atoms with Crippen molar-refractivity contribution in [3.05, 3.63) is 23.8 Å². The second kappa shape index (κ2) is 4.33. The highest BCUT2D eigenvalue weighted by molar-refractivity contribution is 5.41. The SMILES string of the molecule is COc1ccc(C(N)C(C)C)c(O)c1. The fraction of sp³-hybridized carbons (Fsp3) is 0.455. The molecule has 3 nitrogen and oxygen atoms in total. The van der Waals surface area contributed by atoms with E-state index in [-0.39, 0.29) is 11.8 Å². The van der Waals surface area contributed by atoms with Gasteiger partial charge < -0.3 is 15.6 Å². The van der Waals surface area contributed by atoms with Crippen molar-refractivity contribution in [2.24, 2.45) is 11.7 Å². The number of methoxy groups -OCH3 is 1. The van der Waals surface area contributed by atoms with Gasteiger partial charge in [0.2, 0.25) is 0 Å². The Morgan fingerprint density at radius 1 is 1.36 bits per heavy atom. The van der Waals surface area contributed by atoms with E-state index in [1.165, 1.54) is 0 Å². The lowest BCUT2D eigenvalue weighted by Crippen LogP contribution is -2.16. The molecule has 0 spiro atoms. The molecule has 78 valence electrons. The van der Waals surface area contributed by atoms with Gasteiger partial charge in [-0.3, -0.25) is 0 Å². The number of hydrogen-bond acceptors (Lipinski definition) is 3. The third-order valence-corrected chi connectivity index (χ3v) is 2.31. The maximum Gasteiger partial charge on any atom is 0.124 e. The van der Waals surface area contributed by atoms with Crippen LogP contribution in [0.3, 0.4) is 0 Å². The molecule has 0 heterocycles. The Balaban J connectivity index is 2.99. The van der Waals surface area contributed by atoms with Gasteiger partial charge in [-0.1, -0.05) is 19.9 Å². The summed E-state index contributed by atoms with van der Waals surface area (Å²) >= 11 is 0. The summed E-state index contributed by atoms with van der Waals surface area (Å²) < 4.78 is 4.99. The molecule has 0 aromatic heterocycles. The Bertz CT molecular complexity index is 310. The van der Waals surface area contributed by atoms with Crippen LogP contribution in [0, 0.1) is 5.92 Å². The summed E-state index contributed by atoms with van der Waals surface area (Å²) in [7, 11) is 1.57. The van der Waals surface area contributed by atoms with Crippen LogP contribution in [0.2, 0.25) is 0 Å². The van der Waals surface area contributed by atoms with Crippen LogP contribution in [0.15, 0.2) is 18.2 Å². The molecule has 1 aromatic rings. The molecule has 1 unspecified atom stereocenters. The van der Waals surface area contributed by atoms with Crippen molar-refractivity contribution in [2.45, 2.75) is 19.9 Å². The van der Waals surface area contributed by atoms with E-state index >= 15 is 0 Å². The van der Waals surface area contributed by atoms with Crippen LogP contribution >= 0.6 is 0 Å². The van der Waals surface area contributed by atoms with Gasteiger partial charge in [-0.2, -0.15) is 0 Å². The van der Waals surface area contributed by atoms with Crippen molar-refractivity contribution >= 4 is 0 Å². The van der Waals surface area contributed by atoms with Crippen LogP contribution < -0.4 is 10.5 Å². The van der Waals surface area contributed by atoms with Crippen molar-refractivity contribution in [1.82, 2.24) is 0 Å². The summed E-state index contributed by atoms with van der Waals surface area (Å²) in [6.07, 6.45) is 0. The highest BCUT2D eigenvalue weighted by Crippen LogP contribution is 2.30. The number of ether oxygens (including phenoxy) is 1. The van der Waals surface area contributed by atoms with Crippen molar-refractivity contribution in [3.8, 4) is 11.5 Å². The van der Waals surface area contributed by atoms with Crippen molar-refractivity contribution in [3.63, 3.8) is 0 Å². The quantitative estimate of drug-likeness (QED) is 0.776. The molecule has 3 heteroatoms. The first-order valence-corrected chi connectivity index (χ1v) is 4.68. The highest BCUT2D eigenvalue weighted by Gasteiger charge is 2.14. The third-order valence-electron chi connectivity index (χ3n) is 2.31. The lowest BCUT2D eigenvalue weighted by Gasteiger charge is -2.17. The molecule has 0 fully saturated rings. The lowest BCUT2D eigenvalue weighted by atomic mass is 9.96. The van der Waals surface area contributed by atoms with Gasteiger partial charge in [0, 0.05) is 17.7 Å². The van der Waals surface area contributed by atoms with Crippen LogP contribution in [-0.2, 0) is 0 Å². The molecule has 0 radical (unpaired) electrons. The molecule has 14 heavy (non-hydrogen) atoms. The van der Waals surface area contributed by atoms with Gasteiger partial charge in [0.05, 0.1) is 7.11 Å². The first-order valence-electron chi connectivity index (χ1n) is 4.68. The summed E-state index contributed by atoms with van der Waals surface area (Å²) in [5, 5.41) is 9.68. The number of aromatic hydroxyl groups is 1.